The van der Waals surface area contributed by atoms with Gasteiger partial charge in [-0.2, -0.15) is 0 Å². The summed E-state index contributed by atoms with van der Waals surface area (Å²) in [6.07, 6.45) is 0. The van der Waals surface area contributed by atoms with E-state index in [2.05, 4.69) is 31.9 Å². The fourth-order valence-corrected chi connectivity index (χ4v) is 2.01. The predicted octanol–water partition coefficient (Wildman–Crippen LogP) is 3.17. The minimum absolute atomic E-state index is 0.0526. The van der Waals surface area contributed by atoms with Crippen LogP contribution in [0, 0.1) is 5.82 Å². The molecule has 0 aliphatic carbocycles. The first-order valence-electron chi connectivity index (χ1n) is 3.73. The summed E-state index contributed by atoms with van der Waals surface area (Å²) in [5, 5.41) is 0.195. The minimum atomic E-state index is -0.495. The highest BCUT2D eigenvalue weighted by Crippen LogP contribution is 2.31. The predicted molar refractivity (Wildman–Crippen MR) is 58.8 cm³/mol. The molecule has 5 heteroatoms. The Labute approximate surface area is 97.7 Å². The third-order valence-corrected chi connectivity index (χ3v) is 2.97. The van der Waals surface area contributed by atoms with Crippen LogP contribution in [0.4, 0.5) is 4.39 Å². The first-order chi connectivity index (χ1) is 6.61. The van der Waals surface area contributed by atoms with Crippen LogP contribution in [0.5, 0.6) is 5.75 Å². The van der Waals surface area contributed by atoms with Gasteiger partial charge in [0.15, 0.2) is 17.3 Å². The van der Waals surface area contributed by atoms with Crippen molar-refractivity contribution in [3.05, 3.63) is 28.0 Å². The van der Waals surface area contributed by atoms with E-state index in [-0.39, 0.29) is 16.9 Å². The van der Waals surface area contributed by atoms with Gasteiger partial charge in [-0.25, -0.2) is 4.39 Å². The topological polar surface area (TPSA) is 26.3 Å². The molecule has 0 aliphatic heterocycles. The Morgan fingerprint density at radius 2 is 2.21 bits per heavy atom. The van der Waals surface area contributed by atoms with E-state index in [0.29, 0.717) is 10.0 Å². The van der Waals surface area contributed by atoms with Crippen molar-refractivity contribution in [1.29, 1.82) is 0 Å². The summed E-state index contributed by atoms with van der Waals surface area (Å²) >= 11 is 6.17. The number of rotatable bonds is 3. The van der Waals surface area contributed by atoms with E-state index in [1.807, 2.05) is 0 Å². The summed E-state index contributed by atoms with van der Waals surface area (Å²) in [5.41, 5.74) is 0.403. The SMILES string of the molecule is COc1c(F)ccc(C(=O)CBr)c1Br. The monoisotopic (exact) mass is 324 g/mol. The maximum absolute atomic E-state index is 13.1. The number of Topliss-reactive ketones (excluding diaryl/α,β-unsaturated/α-hetero) is 1. The van der Waals surface area contributed by atoms with Crippen LogP contribution in [0.2, 0.25) is 0 Å². The zero-order valence-corrected chi connectivity index (χ0v) is 10.5. The number of hydrogen-bond acceptors (Lipinski definition) is 2. The number of ether oxygens (including phenoxy) is 1. The molecular formula is C9H7Br2FO2. The summed E-state index contributed by atoms with van der Waals surface area (Å²) < 4.78 is 18.3. The third-order valence-electron chi connectivity index (χ3n) is 1.67. The van der Waals surface area contributed by atoms with Gasteiger partial charge in [-0.1, -0.05) is 15.9 Å². The second-order valence-electron chi connectivity index (χ2n) is 2.50. The number of carbonyl (C=O) groups excluding carboxylic acids is 1. The fraction of sp³-hybridized carbons (Fsp3) is 0.222. The van der Waals surface area contributed by atoms with Crippen molar-refractivity contribution in [2.75, 3.05) is 12.4 Å². The molecule has 1 aromatic rings. The highest BCUT2D eigenvalue weighted by Gasteiger charge is 2.15. The van der Waals surface area contributed by atoms with Gasteiger partial charge in [0.1, 0.15) is 0 Å². The van der Waals surface area contributed by atoms with E-state index in [9.17, 15) is 9.18 Å². The lowest BCUT2D eigenvalue weighted by Gasteiger charge is -2.07. The molecule has 0 spiro atoms. The molecule has 14 heavy (non-hydrogen) atoms. The molecule has 0 fully saturated rings. The molecule has 0 N–H and O–H groups in total. The molecule has 2 nitrogen and oxygen atoms in total. The highest BCUT2D eigenvalue weighted by atomic mass is 79.9. The van der Waals surface area contributed by atoms with E-state index >= 15 is 0 Å². The molecule has 0 aliphatic rings. The molecule has 0 radical (unpaired) electrons. The Bertz CT molecular complexity index is 366. The molecule has 0 heterocycles. The molecule has 0 saturated carbocycles. The van der Waals surface area contributed by atoms with Gasteiger partial charge in [0.25, 0.3) is 0 Å². The summed E-state index contributed by atoms with van der Waals surface area (Å²) in [5.74, 6) is -0.572. The summed E-state index contributed by atoms with van der Waals surface area (Å²) in [6.45, 7) is 0. The van der Waals surface area contributed by atoms with Crippen molar-refractivity contribution < 1.29 is 13.9 Å². The van der Waals surface area contributed by atoms with Crippen LogP contribution in [0.1, 0.15) is 10.4 Å². The number of methoxy groups -OCH3 is 1. The van der Waals surface area contributed by atoms with Crippen molar-refractivity contribution in [1.82, 2.24) is 0 Å². The number of ketones is 1. The Balaban J connectivity index is 3.28. The standard InChI is InChI=1S/C9H7Br2FO2/c1-14-9-6(12)3-2-5(8(9)11)7(13)4-10/h2-3H,4H2,1H3. The van der Waals surface area contributed by atoms with Crippen molar-refractivity contribution >= 4 is 37.6 Å². The quantitative estimate of drug-likeness (QED) is 0.630. The molecule has 0 unspecified atom stereocenters. The average Bonchev–Trinajstić information content (AvgIpc) is 2.18. The molecule has 0 bridgehead atoms. The Kier molecular flexibility index (Phi) is 4.07. The Morgan fingerprint density at radius 1 is 1.57 bits per heavy atom. The second-order valence-corrected chi connectivity index (χ2v) is 3.85. The van der Waals surface area contributed by atoms with Gasteiger partial charge in [0.2, 0.25) is 0 Å². The zero-order valence-electron chi connectivity index (χ0n) is 7.31. The van der Waals surface area contributed by atoms with Crippen LogP contribution in [-0.4, -0.2) is 18.2 Å². The molecule has 76 valence electrons. The first-order valence-corrected chi connectivity index (χ1v) is 5.64. The molecular weight excluding hydrogens is 319 g/mol. The molecule has 1 rings (SSSR count). The van der Waals surface area contributed by atoms with Crippen LogP contribution < -0.4 is 4.74 Å². The minimum Gasteiger partial charge on any atom is -0.492 e. The van der Waals surface area contributed by atoms with Gasteiger partial charge in [0, 0.05) is 5.56 Å². The highest BCUT2D eigenvalue weighted by molar-refractivity contribution is 9.10. The van der Waals surface area contributed by atoms with Crippen LogP contribution in [0.3, 0.4) is 0 Å². The van der Waals surface area contributed by atoms with Crippen molar-refractivity contribution in [2.45, 2.75) is 0 Å². The fourth-order valence-electron chi connectivity index (χ4n) is 1.01. The summed E-state index contributed by atoms with van der Waals surface area (Å²) in [6, 6.07) is 2.63. The van der Waals surface area contributed by atoms with Gasteiger partial charge >= 0.3 is 0 Å². The summed E-state index contributed by atoms with van der Waals surface area (Å²) in [4.78, 5) is 11.4. The Morgan fingerprint density at radius 3 is 2.71 bits per heavy atom. The lowest BCUT2D eigenvalue weighted by atomic mass is 10.1. The van der Waals surface area contributed by atoms with Crippen LogP contribution >= 0.6 is 31.9 Å². The normalized spacial score (nSPS) is 10.0. The zero-order chi connectivity index (χ0) is 10.7. The first kappa shape index (κ1) is 11.7. The van der Waals surface area contributed by atoms with E-state index < -0.39 is 5.82 Å². The van der Waals surface area contributed by atoms with Crippen molar-refractivity contribution in [3.8, 4) is 5.75 Å². The van der Waals surface area contributed by atoms with Crippen LogP contribution in [-0.2, 0) is 0 Å². The molecule has 0 saturated heterocycles. The summed E-state index contributed by atoms with van der Waals surface area (Å²) in [7, 11) is 1.35. The second kappa shape index (κ2) is 4.89. The van der Waals surface area contributed by atoms with E-state index in [0.717, 1.165) is 0 Å². The number of alkyl halides is 1. The lowest BCUT2D eigenvalue weighted by Crippen LogP contribution is -2.03. The number of benzene rings is 1. The van der Waals surface area contributed by atoms with Crippen molar-refractivity contribution in [3.63, 3.8) is 0 Å². The molecule has 0 aromatic heterocycles. The number of halogens is 3. The van der Waals surface area contributed by atoms with Gasteiger partial charge in [-0.05, 0) is 28.1 Å². The number of carbonyl (C=O) groups is 1. The maximum atomic E-state index is 13.1. The van der Waals surface area contributed by atoms with Gasteiger partial charge in [0.05, 0.1) is 16.9 Å². The smallest absolute Gasteiger partial charge is 0.174 e. The maximum Gasteiger partial charge on any atom is 0.174 e. The molecule has 1 aromatic carbocycles. The van der Waals surface area contributed by atoms with Crippen molar-refractivity contribution in [2.24, 2.45) is 0 Å². The van der Waals surface area contributed by atoms with Crippen LogP contribution in [0.25, 0.3) is 0 Å². The average molecular weight is 326 g/mol. The van der Waals surface area contributed by atoms with Gasteiger partial charge < -0.3 is 4.74 Å². The largest absolute Gasteiger partial charge is 0.492 e. The lowest BCUT2D eigenvalue weighted by molar-refractivity contribution is 0.102. The number of hydrogen-bond donors (Lipinski definition) is 0. The van der Waals surface area contributed by atoms with E-state index in [1.165, 1.54) is 19.2 Å². The van der Waals surface area contributed by atoms with Gasteiger partial charge in [-0.3, -0.25) is 4.79 Å². The molecule has 0 atom stereocenters. The third kappa shape index (κ3) is 2.15. The Hall–Kier alpha value is -0.420. The van der Waals surface area contributed by atoms with E-state index in [4.69, 9.17) is 4.74 Å². The molecule has 0 amide bonds. The van der Waals surface area contributed by atoms with Crippen LogP contribution in [0.15, 0.2) is 16.6 Å². The van der Waals surface area contributed by atoms with Gasteiger partial charge in [-0.15, -0.1) is 0 Å². The van der Waals surface area contributed by atoms with E-state index in [1.54, 1.807) is 0 Å².